The Kier molecular flexibility index (Phi) is 16.1. The summed E-state index contributed by atoms with van der Waals surface area (Å²) in [5.74, 6) is 0.212. The van der Waals surface area contributed by atoms with Crippen LogP contribution in [0.15, 0.2) is 96.1 Å². The first-order chi connectivity index (χ1) is 26.5. The maximum atomic E-state index is 2.66. The molecule has 0 heterocycles. The van der Waals surface area contributed by atoms with Gasteiger partial charge in [0.2, 0.25) is 0 Å². The van der Waals surface area contributed by atoms with E-state index in [1.54, 1.807) is 22.3 Å². The molecule has 0 N–H and O–H groups in total. The van der Waals surface area contributed by atoms with Crippen molar-refractivity contribution in [3.63, 3.8) is 0 Å². The summed E-state index contributed by atoms with van der Waals surface area (Å²) in [6, 6.07) is 36.4. The van der Waals surface area contributed by atoms with E-state index in [-0.39, 0.29) is 0 Å². The number of allylic oxidation sites excluding steroid dienone is 2. The summed E-state index contributed by atoms with van der Waals surface area (Å²) in [4.78, 5) is 0. The molecule has 0 bridgehead atoms. The Bertz CT molecular complexity index is 1690. The van der Waals surface area contributed by atoms with Crippen molar-refractivity contribution in [3.05, 3.63) is 129 Å². The number of aryl methyl sites for hydroxylation is 2. The molecule has 2 unspecified atom stereocenters. The summed E-state index contributed by atoms with van der Waals surface area (Å²) in [5, 5.41) is 0. The van der Waals surface area contributed by atoms with Crippen LogP contribution in [0.4, 0.5) is 0 Å². The molecule has 0 aliphatic heterocycles. The van der Waals surface area contributed by atoms with E-state index in [0.29, 0.717) is 11.8 Å². The maximum absolute atomic E-state index is 2.66. The molecule has 283 valence electrons. The normalized spacial score (nSPS) is 16.6. The van der Waals surface area contributed by atoms with Gasteiger partial charge in [-0.1, -0.05) is 26.7 Å². The molecule has 2 atom stereocenters. The Morgan fingerprint density at radius 2 is 0.852 bits per heavy atom. The molecular weight excluding hydrogens is 744 g/mol. The predicted molar refractivity (Wildman–Crippen MR) is 237 cm³/mol. The standard InChI is InChI=1S/C52H67Si.Zr/c1-5-9-13-15-21-43-35-49-45(41-31-27-39(28-32-41)19-11-7-3)23-17-25-47(49)51(43)37-53-38-52-44(22-16-14-10-6-2)36-50-46(24-18-26-48(50)52)42-33-29-40(30-34-42)20-12-8-4;/h17-18,23-36,51-53H,5-16,19-22,37-38H2,1-4H3;. The molecular formula is C52H67SiZr. The summed E-state index contributed by atoms with van der Waals surface area (Å²) >= 11 is 1.84. The van der Waals surface area contributed by atoms with Gasteiger partial charge in [0.15, 0.2) is 0 Å². The zero-order valence-electron chi connectivity index (χ0n) is 34.2. The van der Waals surface area contributed by atoms with Crippen LogP contribution >= 0.6 is 0 Å². The van der Waals surface area contributed by atoms with Gasteiger partial charge in [0, 0.05) is 0 Å². The molecule has 0 fully saturated rings. The van der Waals surface area contributed by atoms with Crippen LogP contribution in [0, 0.1) is 0 Å². The number of benzene rings is 4. The monoisotopic (exact) mass is 809 g/mol. The van der Waals surface area contributed by atoms with Gasteiger partial charge in [-0.15, -0.1) is 0 Å². The molecule has 6 rings (SSSR count). The average Bonchev–Trinajstić information content (AvgIpc) is 3.73. The average molecular weight is 811 g/mol. The summed E-state index contributed by atoms with van der Waals surface area (Å²) in [5.41, 5.74) is 18.4. The molecule has 0 amide bonds. The first kappa shape index (κ1) is 41.1. The van der Waals surface area contributed by atoms with Crippen molar-refractivity contribution in [1.29, 1.82) is 0 Å². The number of unbranched alkanes of at least 4 members (excludes halogenated alkanes) is 8. The molecule has 4 aromatic carbocycles. The second-order valence-electron chi connectivity index (χ2n) is 16.6. The van der Waals surface area contributed by atoms with E-state index in [4.69, 9.17) is 0 Å². The van der Waals surface area contributed by atoms with Crippen molar-refractivity contribution in [1.82, 2.24) is 0 Å². The van der Waals surface area contributed by atoms with Crippen LogP contribution in [0.25, 0.3) is 34.4 Å². The van der Waals surface area contributed by atoms with Crippen LogP contribution in [0.3, 0.4) is 0 Å². The van der Waals surface area contributed by atoms with Crippen molar-refractivity contribution in [2.45, 2.75) is 154 Å². The Hall–Kier alpha value is -2.54. The fraction of sp³-hybridized carbons (Fsp3) is 0.462. The zero-order valence-corrected chi connectivity index (χ0v) is 37.8. The minimum absolute atomic E-state index is 0.608. The topological polar surface area (TPSA) is 0 Å². The molecule has 2 heteroatoms. The number of rotatable bonds is 22. The second kappa shape index (κ2) is 21.1. The van der Waals surface area contributed by atoms with E-state index in [0.717, 1.165) is 0 Å². The summed E-state index contributed by atoms with van der Waals surface area (Å²) in [6.07, 6.45) is 26.0. The van der Waals surface area contributed by atoms with Gasteiger partial charge < -0.3 is 0 Å². The summed E-state index contributed by atoms with van der Waals surface area (Å²) in [6.45, 7) is 9.25. The van der Waals surface area contributed by atoms with Crippen LogP contribution in [0.1, 0.15) is 163 Å². The predicted octanol–water partition coefficient (Wildman–Crippen LogP) is 15.6. The van der Waals surface area contributed by atoms with Gasteiger partial charge in [0.25, 0.3) is 0 Å². The van der Waals surface area contributed by atoms with Crippen LogP contribution in [0.5, 0.6) is 0 Å². The van der Waals surface area contributed by atoms with Crippen molar-refractivity contribution < 1.29 is 23.9 Å². The number of hydrogen-bond acceptors (Lipinski definition) is 0. The van der Waals surface area contributed by atoms with Crippen molar-refractivity contribution in [2.24, 2.45) is 0 Å². The number of hydrogen-bond donors (Lipinski definition) is 0. The van der Waals surface area contributed by atoms with E-state index in [1.165, 1.54) is 159 Å². The van der Waals surface area contributed by atoms with Gasteiger partial charge in [-0.05, 0) is 0 Å². The third-order valence-corrected chi connectivity index (χ3v) is 18.0. The van der Waals surface area contributed by atoms with Crippen LogP contribution in [-0.4, -0.2) is 5.92 Å². The van der Waals surface area contributed by atoms with Gasteiger partial charge >= 0.3 is 321 Å². The van der Waals surface area contributed by atoms with Gasteiger partial charge in [0.1, 0.15) is 0 Å². The van der Waals surface area contributed by atoms with Gasteiger partial charge in [-0.2, -0.15) is 0 Å². The van der Waals surface area contributed by atoms with Crippen LogP contribution < -0.4 is 0 Å². The summed E-state index contributed by atoms with van der Waals surface area (Å²) < 4.78 is 0. The first-order valence-electron chi connectivity index (χ1n) is 22.1. The van der Waals surface area contributed by atoms with Crippen molar-refractivity contribution in [2.75, 3.05) is 0 Å². The van der Waals surface area contributed by atoms with Gasteiger partial charge in [0.05, 0.1) is 0 Å². The van der Waals surface area contributed by atoms with Crippen molar-refractivity contribution in [3.8, 4) is 22.3 Å². The quantitative estimate of drug-likeness (QED) is 0.0548. The van der Waals surface area contributed by atoms with Crippen LogP contribution in [0.2, 0.25) is 12.1 Å². The molecule has 0 saturated carbocycles. The zero-order chi connectivity index (χ0) is 37.7. The number of fused-ring (bicyclic) bond motifs is 2. The molecule has 0 spiro atoms. The Balaban J connectivity index is 1.25. The molecule has 2 aliphatic rings. The second-order valence-corrected chi connectivity index (χ2v) is 24.9. The van der Waals surface area contributed by atoms with E-state index in [9.17, 15) is 0 Å². The van der Waals surface area contributed by atoms with Gasteiger partial charge in [-0.25, -0.2) is 0 Å². The molecule has 2 aliphatic carbocycles. The molecule has 54 heavy (non-hydrogen) atoms. The molecule has 0 saturated heterocycles. The van der Waals surface area contributed by atoms with Gasteiger partial charge in [-0.3, -0.25) is 0 Å². The van der Waals surface area contributed by atoms with E-state index >= 15 is 0 Å². The first-order valence-corrected chi connectivity index (χ1v) is 28.6. The minimum atomic E-state index is -1.00. The molecule has 0 nitrogen and oxygen atoms in total. The Labute approximate surface area is 345 Å². The Morgan fingerprint density at radius 1 is 0.444 bits per heavy atom. The fourth-order valence-electron chi connectivity index (χ4n) is 9.26. The molecule has 0 radical (unpaired) electrons. The van der Waals surface area contributed by atoms with E-state index in [1.807, 2.05) is 23.9 Å². The van der Waals surface area contributed by atoms with E-state index in [2.05, 4.69) is 125 Å². The molecule has 0 aromatic heterocycles. The molecule has 4 aromatic rings. The SMILES string of the molecule is CCCCCCC1=Cc2c(-c3ccc(CCCC)cc3)cccc2C1C[SiH]([Zr])CC1C(CCCCCC)=Cc2c(-c3ccc(CCCC)cc3)cccc21. The van der Waals surface area contributed by atoms with Crippen molar-refractivity contribution >= 4 is 18.1 Å². The fourth-order valence-corrected chi connectivity index (χ4v) is 15.2. The van der Waals surface area contributed by atoms with E-state index < -0.39 is 5.92 Å². The third kappa shape index (κ3) is 10.4. The Morgan fingerprint density at radius 3 is 1.24 bits per heavy atom. The third-order valence-electron chi connectivity index (χ3n) is 12.4. The van der Waals surface area contributed by atoms with Crippen LogP contribution in [-0.2, 0) is 36.7 Å². The summed E-state index contributed by atoms with van der Waals surface area (Å²) in [7, 11) is 0.